The lowest BCUT2D eigenvalue weighted by Gasteiger charge is -2.35. The third-order valence-electron chi connectivity index (χ3n) is 6.39. The van der Waals surface area contributed by atoms with Crippen molar-refractivity contribution in [3.63, 3.8) is 0 Å². The highest BCUT2D eigenvalue weighted by Crippen LogP contribution is 2.47. The number of rotatable bonds is 4. The number of pyridine rings is 1. The Balaban J connectivity index is 1.22. The van der Waals surface area contributed by atoms with Crippen molar-refractivity contribution in [2.75, 3.05) is 5.32 Å². The first kappa shape index (κ1) is 20.1. The number of ether oxygens (including phenoxy) is 1. The van der Waals surface area contributed by atoms with Gasteiger partial charge in [0.1, 0.15) is 5.60 Å². The zero-order valence-corrected chi connectivity index (χ0v) is 17.4. The van der Waals surface area contributed by atoms with Crippen molar-refractivity contribution in [3.05, 3.63) is 95.3 Å². The second-order valence-electron chi connectivity index (χ2n) is 8.32. The molecule has 160 valence electrons. The molecule has 3 aromatic rings. The highest BCUT2D eigenvalue weighted by atomic mass is 16.6. The lowest BCUT2D eigenvalue weighted by atomic mass is 9.75. The van der Waals surface area contributed by atoms with Crippen molar-refractivity contribution in [1.82, 2.24) is 4.98 Å². The van der Waals surface area contributed by atoms with Gasteiger partial charge in [0.05, 0.1) is 0 Å². The number of carbonyl (C=O) groups excluding carboxylic acids is 3. The van der Waals surface area contributed by atoms with Crippen LogP contribution in [0.4, 0.5) is 5.69 Å². The second-order valence-corrected chi connectivity index (χ2v) is 8.32. The van der Waals surface area contributed by atoms with Crippen LogP contribution in [0, 0.1) is 5.92 Å². The van der Waals surface area contributed by atoms with Crippen LogP contribution in [0.2, 0.25) is 0 Å². The van der Waals surface area contributed by atoms with E-state index < -0.39 is 5.60 Å². The number of carbonyl (C=O) groups is 3. The average Bonchev–Trinajstić information content (AvgIpc) is 3.11. The predicted octanol–water partition coefficient (Wildman–Crippen LogP) is 4.51. The van der Waals surface area contributed by atoms with Crippen molar-refractivity contribution >= 4 is 23.3 Å². The molecule has 0 radical (unpaired) electrons. The van der Waals surface area contributed by atoms with Gasteiger partial charge >= 0.3 is 5.97 Å². The Morgan fingerprint density at radius 2 is 1.59 bits per heavy atom. The molecule has 2 heterocycles. The second kappa shape index (κ2) is 8.04. The molecule has 6 nitrogen and oxygen atoms in total. The molecule has 1 amide bonds. The molecule has 1 N–H and O–H groups in total. The maximum atomic E-state index is 12.8. The fraction of sp³-hybridized carbons (Fsp3) is 0.231. The van der Waals surface area contributed by atoms with E-state index in [4.69, 9.17) is 4.74 Å². The molecular weight excluding hydrogens is 404 g/mol. The molecule has 0 bridgehead atoms. The molecule has 5 rings (SSSR count). The number of benzene rings is 2. The first-order valence-electron chi connectivity index (χ1n) is 10.8. The number of nitrogens with one attached hydrogen (secondary N) is 1. The van der Waals surface area contributed by atoms with E-state index in [2.05, 4.69) is 10.3 Å². The number of anilines is 1. The lowest BCUT2D eigenvalue weighted by Crippen LogP contribution is -2.36. The van der Waals surface area contributed by atoms with E-state index in [0.717, 1.165) is 5.56 Å². The topological polar surface area (TPSA) is 85.4 Å². The van der Waals surface area contributed by atoms with Crippen LogP contribution in [0.1, 0.15) is 57.7 Å². The summed E-state index contributed by atoms with van der Waals surface area (Å²) in [6, 6.07) is 19.8. The molecule has 32 heavy (non-hydrogen) atoms. The average molecular weight is 426 g/mol. The van der Waals surface area contributed by atoms with E-state index in [1.807, 2.05) is 30.3 Å². The Bertz CT molecular complexity index is 1180. The first-order chi connectivity index (χ1) is 15.6. The minimum absolute atomic E-state index is 0.0538. The summed E-state index contributed by atoms with van der Waals surface area (Å²) in [5, 5.41) is 2.95. The molecule has 0 unspecified atom stereocenters. The van der Waals surface area contributed by atoms with Crippen LogP contribution in [0.3, 0.4) is 0 Å². The number of hydrogen-bond acceptors (Lipinski definition) is 5. The van der Waals surface area contributed by atoms with Gasteiger partial charge in [-0.2, -0.15) is 0 Å². The number of nitrogens with zero attached hydrogens (tertiary/aromatic N) is 1. The molecule has 6 heteroatoms. The molecule has 2 aliphatic rings. The van der Waals surface area contributed by atoms with E-state index in [-0.39, 0.29) is 23.6 Å². The predicted molar refractivity (Wildman–Crippen MR) is 118 cm³/mol. The molecule has 1 aromatic heterocycles. The van der Waals surface area contributed by atoms with E-state index >= 15 is 0 Å². The number of ketones is 1. The molecule has 0 atom stereocenters. The van der Waals surface area contributed by atoms with Crippen molar-refractivity contribution in [2.45, 2.75) is 31.3 Å². The summed E-state index contributed by atoms with van der Waals surface area (Å²) >= 11 is 0. The van der Waals surface area contributed by atoms with E-state index in [1.54, 1.807) is 42.6 Å². The van der Waals surface area contributed by atoms with Crippen molar-refractivity contribution in [1.29, 1.82) is 0 Å². The Morgan fingerprint density at radius 3 is 2.31 bits per heavy atom. The quantitative estimate of drug-likeness (QED) is 0.490. The molecular formula is C26H22N2O4. The maximum Gasteiger partial charge on any atom is 0.358 e. The SMILES string of the molecule is O=C(c1ccccc1)c1ccc(NC(=O)C2CCC3(CC2)OC(=O)c2ncccc23)cc1. The minimum atomic E-state index is -0.656. The van der Waals surface area contributed by atoms with Gasteiger partial charge in [0.2, 0.25) is 5.91 Å². The van der Waals surface area contributed by atoms with Crippen molar-refractivity contribution in [3.8, 4) is 0 Å². The Kier molecular flexibility index (Phi) is 5.05. The summed E-state index contributed by atoms with van der Waals surface area (Å²) in [6.07, 6.45) is 4.03. The molecule has 1 aliphatic heterocycles. The van der Waals surface area contributed by atoms with E-state index in [0.29, 0.717) is 48.2 Å². The number of amides is 1. The van der Waals surface area contributed by atoms with Crippen molar-refractivity contribution in [2.24, 2.45) is 5.92 Å². The number of esters is 1. The summed E-state index contributed by atoms with van der Waals surface area (Å²) in [5.74, 6) is -0.654. The van der Waals surface area contributed by atoms with Crippen LogP contribution >= 0.6 is 0 Å². The van der Waals surface area contributed by atoms with Gasteiger partial charge in [-0.05, 0) is 56.0 Å². The standard InChI is InChI=1S/C26H22N2O4/c29-23(17-5-2-1-3-6-17)18-8-10-20(11-9-18)28-24(30)19-12-14-26(15-13-19)21-7-4-16-27-22(21)25(31)32-26/h1-11,16,19H,12-15H2,(H,28,30). The van der Waals surface area contributed by atoms with Crippen LogP contribution in [0.25, 0.3) is 0 Å². The number of fused-ring (bicyclic) bond motifs is 2. The van der Waals surface area contributed by atoms with Crippen LogP contribution in [0.15, 0.2) is 72.9 Å². The normalized spacial score (nSPS) is 21.6. The molecule has 1 aliphatic carbocycles. The van der Waals surface area contributed by atoms with Gasteiger partial charge in [-0.25, -0.2) is 9.78 Å². The van der Waals surface area contributed by atoms with Crippen LogP contribution in [-0.2, 0) is 15.1 Å². The van der Waals surface area contributed by atoms with E-state index in [1.165, 1.54) is 0 Å². The van der Waals surface area contributed by atoms with Gasteiger partial charge in [0, 0.05) is 34.5 Å². The molecule has 2 aromatic carbocycles. The van der Waals surface area contributed by atoms with Crippen molar-refractivity contribution < 1.29 is 19.1 Å². The summed E-state index contributed by atoms with van der Waals surface area (Å²) in [7, 11) is 0. The summed E-state index contributed by atoms with van der Waals surface area (Å²) < 4.78 is 5.71. The summed E-state index contributed by atoms with van der Waals surface area (Å²) in [5.41, 5.74) is 2.43. The van der Waals surface area contributed by atoms with E-state index in [9.17, 15) is 14.4 Å². The van der Waals surface area contributed by atoms with Gasteiger partial charge in [-0.3, -0.25) is 9.59 Å². The van der Waals surface area contributed by atoms with Crippen LogP contribution in [-0.4, -0.2) is 22.6 Å². The monoisotopic (exact) mass is 426 g/mol. The number of aromatic nitrogens is 1. The Labute approximate surface area is 185 Å². The summed E-state index contributed by atoms with van der Waals surface area (Å²) in [6.45, 7) is 0. The van der Waals surface area contributed by atoms with Crippen LogP contribution < -0.4 is 5.32 Å². The van der Waals surface area contributed by atoms with Gasteiger partial charge in [-0.15, -0.1) is 0 Å². The Morgan fingerprint density at radius 1 is 0.906 bits per heavy atom. The number of hydrogen-bond donors (Lipinski definition) is 1. The van der Waals surface area contributed by atoms with Gasteiger partial charge in [0.15, 0.2) is 11.5 Å². The first-order valence-corrected chi connectivity index (χ1v) is 10.8. The fourth-order valence-electron chi connectivity index (χ4n) is 4.64. The van der Waals surface area contributed by atoms with Gasteiger partial charge in [0.25, 0.3) is 0 Å². The molecule has 1 spiro atoms. The highest BCUT2D eigenvalue weighted by molar-refractivity contribution is 6.09. The zero-order chi connectivity index (χ0) is 22.1. The third kappa shape index (κ3) is 3.58. The minimum Gasteiger partial charge on any atom is -0.449 e. The lowest BCUT2D eigenvalue weighted by molar-refractivity contribution is -0.122. The smallest absolute Gasteiger partial charge is 0.358 e. The highest BCUT2D eigenvalue weighted by Gasteiger charge is 2.49. The fourth-order valence-corrected chi connectivity index (χ4v) is 4.64. The van der Waals surface area contributed by atoms with Gasteiger partial charge < -0.3 is 10.1 Å². The van der Waals surface area contributed by atoms with Gasteiger partial charge in [-0.1, -0.05) is 36.4 Å². The maximum absolute atomic E-state index is 12.8. The zero-order valence-electron chi connectivity index (χ0n) is 17.4. The Hall–Kier alpha value is -3.80. The largest absolute Gasteiger partial charge is 0.449 e. The van der Waals surface area contributed by atoms with Crippen LogP contribution in [0.5, 0.6) is 0 Å². The molecule has 1 saturated carbocycles. The molecule has 1 fully saturated rings. The summed E-state index contributed by atoms with van der Waals surface area (Å²) in [4.78, 5) is 41.7. The third-order valence-corrected chi connectivity index (χ3v) is 6.39. The molecule has 0 saturated heterocycles.